The summed E-state index contributed by atoms with van der Waals surface area (Å²) >= 11 is 0.312. The molecule has 2 aliphatic rings. The third-order valence-corrected chi connectivity index (χ3v) is 3.01. The Kier molecular flexibility index (Phi) is 21.9. The molecule has 2 rings (SSSR count). The molecular weight excluding hydrogens is 562 g/mol. The normalized spacial score (nSPS) is 14.5. The van der Waals surface area contributed by atoms with Gasteiger partial charge in [-0.3, -0.25) is 12.2 Å². The Hall–Kier alpha value is 0.953. The van der Waals surface area contributed by atoms with E-state index in [0.29, 0.717) is 26.3 Å². The van der Waals surface area contributed by atoms with Crippen molar-refractivity contribution < 1.29 is 50.7 Å². The third kappa shape index (κ3) is 15.2. The first-order valence-corrected chi connectivity index (χ1v) is 12.8. The number of hydrogen-bond donors (Lipinski definition) is 0. The first kappa shape index (κ1) is 32.6. The molecule has 2 aliphatic carbocycles. The molecule has 0 bridgehead atoms. The van der Waals surface area contributed by atoms with Crippen molar-refractivity contribution in [2.24, 2.45) is 10.8 Å². The van der Waals surface area contributed by atoms with Crippen molar-refractivity contribution in [1.29, 1.82) is 0 Å². The van der Waals surface area contributed by atoms with Crippen molar-refractivity contribution >= 4 is 15.4 Å². The Balaban J connectivity index is -0.000000130. The maximum absolute atomic E-state index is 3.30. The molecule has 4 heteroatoms. The second kappa shape index (κ2) is 16.2. The summed E-state index contributed by atoms with van der Waals surface area (Å²) in [7, 11) is 0. The quantitative estimate of drug-likeness (QED) is 0.273. The molecule has 0 aromatic rings. The number of rotatable bonds is 0. The monoisotopic (exact) mass is 597 g/mol. The van der Waals surface area contributed by atoms with E-state index in [1.54, 1.807) is 0 Å². The van der Waals surface area contributed by atoms with E-state index in [2.05, 4.69) is 89.5 Å². The summed E-state index contributed by atoms with van der Waals surface area (Å²) in [6.45, 7) is 13.3. The minimum Gasteiger partial charge on any atom is -1.00 e. The zero-order valence-corrected chi connectivity index (χ0v) is 24.1. The summed E-state index contributed by atoms with van der Waals surface area (Å²) in [6, 6.07) is 0. The Morgan fingerprint density at radius 1 is 0.750 bits per heavy atom. The van der Waals surface area contributed by atoms with Crippen LogP contribution in [0, 0.1) is 23.0 Å². The van der Waals surface area contributed by atoms with Crippen molar-refractivity contribution in [2.45, 2.75) is 65.9 Å². The predicted molar refractivity (Wildman–Crippen MR) is 98.8 cm³/mol. The summed E-state index contributed by atoms with van der Waals surface area (Å²) in [5.74, 6) is 4.56. The molecule has 1 radical (unpaired) electrons. The summed E-state index contributed by atoms with van der Waals surface area (Å²) in [6.07, 6.45) is 17.3. The number of hydrogen-bond acceptors (Lipinski definition) is 0. The van der Waals surface area contributed by atoms with Crippen molar-refractivity contribution in [3.63, 3.8) is 0 Å². The van der Waals surface area contributed by atoms with E-state index in [0.717, 1.165) is 12.8 Å². The van der Waals surface area contributed by atoms with E-state index in [4.69, 9.17) is 0 Å². The van der Waals surface area contributed by atoms with Crippen LogP contribution in [0.25, 0.3) is 0 Å². The van der Waals surface area contributed by atoms with Crippen LogP contribution in [0.3, 0.4) is 0 Å². The summed E-state index contributed by atoms with van der Waals surface area (Å²) in [5.41, 5.74) is 3.30. The van der Waals surface area contributed by atoms with E-state index in [1.807, 2.05) is 0 Å². The van der Waals surface area contributed by atoms with Gasteiger partial charge in [-0.05, 0) is 10.8 Å². The molecule has 0 N–H and O–H groups in total. The molecule has 135 valence electrons. The first-order valence-electron chi connectivity index (χ1n) is 7.92. The molecular formula is C20H33Cl2GeHf. The number of allylic oxidation sites excluding steroid dienone is 8. The Bertz CT molecular complexity index is 382. The van der Waals surface area contributed by atoms with Gasteiger partial charge < -0.3 is 24.8 Å². The van der Waals surface area contributed by atoms with Crippen LogP contribution >= 0.6 is 0 Å². The zero-order valence-electron chi connectivity index (χ0n) is 16.6. The minimum atomic E-state index is 0. The molecule has 0 amide bonds. The molecule has 0 aromatic heterocycles. The molecule has 0 unspecified atom stereocenters. The van der Waals surface area contributed by atoms with Gasteiger partial charge in [0.05, 0.1) is 0 Å². The molecule has 0 nitrogen and oxygen atoms in total. The van der Waals surface area contributed by atoms with Crippen LogP contribution in [0.4, 0.5) is 0 Å². The molecule has 0 spiro atoms. The fraction of sp³-hybridized carbons (Fsp3) is 0.600. The van der Waals surface area contributed by atoms with Crippen LogP contribution in [0.15, 0.2) is 35.5 Å². The van der Waals surface area contributed by atoms with Gasteiger partial charge in [0.25, 0.3) is 0 Å². The van der Waals surface area contributed by atoms with Gasteiger partial charge in [-0.25, -0.2) is 23.3 Å². The standard InChI is InChI=1S/2C9H13.C2H7Ge.2ClH.Hf/c2*1-9(2,3)8-6-4-5-7-8;1-3-2;;;/h2*4,6H,5H2,1-3H3;3H,1-2H3;2*1H;/q2*-1;;;;+4/p-2. The van der Waals surface area contributed by atoms with E-state index < -0.39 is 0 Å². The molecule has 0 atom stereocenters. The van der Waals surface area contributed by atoms with E-state index in [-0.39, 0.29) is 50.7 Å². The van der Waals surface area contributed by atoms with Crippen molar-refractivity contribution in [3.05, 3.63) is 47.6 Å². The van der Waals surface area contributed by atoms with Gasteiger partial charge in [-0.1, -0.05) is 41.5 Å². The average Bonchev–Trinajstić information content (AvgIpc) is 3.03. The molecule has 0 aromatic carbocycles. The smallest absolute Gasteiger partial charge is 1.00 e. The second-order valence-corrected chi connectivity index (χ2v) is 9.89. The number of halogens is 2. The van der Waals surface area contributed by atoms with Crippen LogP contribution in [-0.2, 0) is 25.8 Å². The maximum Gasteiger partial charge on any atom is 4.00 e. The first-order chi connectivity index (χ1) is 9.62. The maximum atomic E-state index is 3.30. The van der Waals surface area contributed by atoms with Gasteiger partial charge in [-0.15, -0.1) is 12.8 Å². The molecule has 0 heterocycles. The van der Waals surface area contributed by atoms with E-state index in [1.165, 1.54) is 11.1 Å². The van der Waals surface area contributed by atoms with Gasteiger partial charge in [-0.2, -0.15) is 12.2 Å². The largest absolute Gasteiger partial charge is 4.00 e. The average molecular weight is 595 g/mol. The molecule has 0 saturated heterocycles. The van der Waals surface area contributed by atoms with Gasteiger partial charge in [0.1, 0.15) is 0 Å². The fourth-order valence-corrected chi connectivity index (χ4v) is 1.84. The molecule has 24 heavy (non-hydrogen) atoms. The Labute approximate surface area is 189 Å². The SMILES string of the molecule is CC(C)(C)C1=[C-]CC=C1.CC(C)(C)C1=[C-]CC=C1.[CH3][GeH][CH3].[Cl-].[Cl-].[Hf+4]. The predicted octanol–water partition coefficient (Wildman–Crippen LogP) is -0.0314. The Morgan fingerprint density at radius 3 is 1.08 bits per heavy atom. The topological polar surface area (TPSA) is 0 Å². The second-order valence-electron chi connectivity index (χ2n) is 7.47. The molecule has 0 saturated carbocycles. The summed E-state index contributed by atoms with van der Waals surface area (Å²) in [5, 5.41) is 0. The summed E-state index contributed by atoms with van der Waals surface area (Å²) in [4.78, 5) is 0. The molecule has 0 fully saturated rings. The molecule has 0 aliphatic heterocycles. The van der Waals surface area contributed by atoms with Gasteiger partial charge in [0, 0.05) is 0 Å². The minimum absolute atomic E-state index is 0. The van der Waals surface area contributed by atoms with Crippen LogP contribution in [0.1, 0.15) is 54.4 Å². The third-order valence-electron chi connectivity index (χ3n) is 3.01. The van der Waals surface area contributed by atoms with Crippen LogP contribution in [0.5, 0.6) is 0 Å². The zero-order chi connectivity index (χ0) is 16.5. The summed E-state index contributed by atoms with van der Waals surface area (Å²) < 4.78 is 0. The van der Waals surface area contributed by atoms with Crippen molar-refractivity contribution in [3.8, 4) is 0 Å². The van der Waals surface area contributed by atoms with E-state index in [9.17, 15) is 0 Å². The van der Waals surface area contributed by atoms with Crippen LogP contribution in [0.2, 0.25) is 11.5 Å². The van der Waals surface area contributed by atoms with Crippen molar-refractivity contribution in [2.75, 3.05) is 0 Å². The van der Waals surface area contributed by atoms with Crippen LogP contribution in [-0.4, -0.2) is 15.4 Å². The van der Waals surface area contributed by atoms with Crippen LogP contribution < -0.4 is 24.8 Å². The fourth-order valence-electron chi connectivity index (χ4n) is 1.84. The van der Waals surface area contributed by atoms with Crippen molar-refractivity contribution in [1.82, 2.24) is 0 Å². The van der Waals surface area contributed by atoms with Gasteiger partial charge in [0.15, 0.2) is 0 Å². The van der Waals surface area contributed by atoms with Gasteiger partial charge >= 0.3 is 52.8 Å². The van der Waals surface area contributed by atoms with Gasteiger partial charge in [0.2, 0.25) is 0 Å². The van der Waals surface area contributed by atoms with E-state index >= 15 is 0 Å². The Morgan fingerprint density at radius 2 is 1.00 bits per heavy atom.